The van der Waals surface area contributed by atoms with Crippen molar-refractivity contribution in [2.45, 2.75) is 26.2 Å². The van der Waals surface area contributed by atoms with Crippen LogP contribution in [-0.4, -0.2) is 22.5 Å². The fraction of sp³-hybridized carbons (Fsp3) is 0.438. The second-order valence-corrected chi connectivity index (χ2v) is 5.46. The summed E-state index contributed by atoms with van der Waals surface area (Å²) in [4.78, 5) is 4.38. The highest BCUT2D eigenvalue weighted by Crippen LogP contribution is 2.25. The third-order valence-electron chi connectivity index (χ3n) is 3.52. The number of phenols is 1. The fourth-order valence-corrected chi connectivity index (χ4v) is 2.76. The van der Waals surface area contributed by atoms with Crippen LogP contribution in [0.1, 0.15) is 26.2 Å². The van der Waals surface area contributed by atoms with Gasteiger partial charge in [-0.05, 0) is 42.3 Å². The first-order valence-electron chi connectivity index (χ1n) is 7.12. The predicted octanol–water partition coefficient (Wildman–Crippen LogP) is 4.40. The van der Waals surface area contributed by atoms with Gasteiger partial charge in [-0.1, -0.05) is 19.4 Å². The van der Waals surface area contributed by atoms with Crippen molar-refractivity contribution in [1.29, 1.82) is 0 Å². The van der Waals surface area contributed by atoms with Gasteiger partial charge in [0.1, 0.15) is 11.6 Å². The molecule has 1 aromatic carbocycles. The van der Waals surface area contributed by atoms with E-state index in [0.717, 1.165) is 42.4 Å². The number of halogens is 1. The Morgan fingerprint density at radius 3 is 2.90 bits per heavy atom. The number of hydrogen-bond donors (Lipinski definition) is 2. The molecule has 108 valence electrons. The number of aromatic hydroxyl groups is 1. The first kappa shape index (κ1) is 14.9. The number of rotatable bonds is 7. The van der Waals surface area contributed by atoms with E-state index in [1.54, 1.807) is 18.3 Å². The molecule has 20 heavy (non-hydrogen) atoms. The van der Waals surface area contributed by atoms with Gasteiger partial charge in [-0.2, -0.15) is 0 Å². The van der Waals surface area contributed by atoms with Gasteiger partial charge < -0.3 is 10.4 Å². The first-order valence-corrected chi connectivity index (χ1v) is 7.65. The zero-order valence-electron chi connectivity index (χ0n) is 11.8. The zero-order valence-corrected chi connectivity index (χ0v) is 12.5. The van der Waals surface area contributed by atoms with Gasteiger partial charge in [-0.3, -0.25) is 0 Å². The Bertz CT molecular complexity index is 553. The Balaban J connectivity index is 2.14. The molecule has 3 nitrogen and oxygen atoms in total. The van der Waals surface area contributed by atoms with E-state index in [0.29, 0.717) is 11.8 Å². The van der Waals surface area contributed by atoms with Crippen molar-refractivity contribution in [3.63, 3.8) is 0 Å². The van der Waals surface area contributed by atoms with Gasteiger partial charge in [0.15, 0.2) is 0 Å². The molecule has 0 fully saturated rings. The highest BCUT2D eigenvalue weighted by atomic mass is 35.5. The highest BCUT2D eigenvalue weighted by molar-refractivity contribution is 6.17. The maximum Gasteiger partial charge on any atom is 0.133 e. The lowest BCUT2D eigenvalue weighted by Gasteiger charge is -2.17. The first-order chi connectivity index (χ1) is 9.74. The van der Waals surface area contributed by atoms with Gasteiger partial charge in [-0.25, -0.2) is 4.98 Å². The van der Waals surface area contributed by atoms with E-state index in [1.807, 2.05) is 12.1 Å². The molecule has 0 amide bonds. The van der Waals surface area contributed by atoms with Crippen molar-refractivity contribution >= 4 is 28.2 Å². The number of alkyl halides is 1. The molecular weight excluding hydrogens is 272 g/mol. The Morgan fingerprint density at radius 2 is 2.15 bits per heavy atom. The van der Waals surface area contributed by atoms with Crippen LogP contribution in [-0.2, 0) is 0 Å². The standard InChI is InChI=1S/C16H21ClN2O/c1-2-3-12(6-8-17)11-19-16-15-10-14(20)5-4-13(15)7-9-18-16/h4-5,7,9-10,12,20H,2-3,6,8,11H2,1H3,(H,18,19). The summed E-state index contributed by atoms with van der Waals surface area (Å²) in [6.07, 6.45) is 5.12. The summed E-state index contributed by atoms with van der Waals surface area (Å²) in [6.45, 7) is 3.05. The smallest absolute Gasteiger partial charge is 0.133 e. The van der Waals surface area contributed by atoms with Crippen LogP contribution in [0.15, 0.2) is 30.5 Å². The molecule has 1 heterocycles. The molecule has 1 unspecified atom stereocenters. The maximum atomic E-state index is 9.63. The quantitative estimate of drug-likeness (QED) is 0.744. The number of fused-ring (bicyclic) bond motifs is 1. The topological polar surface area (TPSA) is 45.2 Å². The van der Waals surface area contributed by atoms with E-state index in [4.69, 9.17) is 11.6 Å². The van der Waals surface area contributed by atoms with Gasteiger partial charge in [0.05, 0.1) is 0 Å². The van der Waals surface area contributed by atoms with Crippen molar-refractivity contribution in [3.05, 3.63) is 30.5 Å². The summed E-state index contributed by atoms with van der Waals surface area (Å²) in [5.41, 5.74) is 0. The molecule has 0 aliphatic carbocycles. The lowest BCUT2D eigenvalue weighted by Crippen LogP contribution is -2.15. The summed E-state index contributed by atoms with van der Waals surface area (Å²) < 4.78 is 0. The highest BCUT2D eigenvalue weighted by Gasteiger charge is 2.09. The summed E-state index contributed by atoms with van der Waals surface area (Å²) >= 11 is 5.85. The normalized spacial score (nSPS) is 12.5. The average Bonchev–Trinajstić information content (AvgIpc) is 2.45. The third kappa shape index (κ3) is 3.76. The number of anilines is 1. The Labute approximate surface area is 125 Å². The van der Waals surface area contributed by atoms with Crippen LogP contribution < -0.4 is 5.32 Å². The minimum absolute atomic E-state index is 0.263. The van der Waals surface area contributed by atoms with Crippen LogP contribution in [0.5, 0.6) is 5.75 Å². The van der Waals surface area contributed by atoms with Crippen molar-refractivity contribution in [2.24, 2.45) is 5.92 Å². The second kappa shape index (κ2) is 7.34. The Hall–Kier alpha value is -1.48. The van der Waals surface area contributed by atoms with Crippen LogP contribution in [0.25, 0.3) is 10.8 Å². The molecule has 0 aliphatic rings. The number of nitrogens with zero attached hydrogens (tertiary/aromatic N) is 1. The average molecular weight is 293 g/mol. The van der Waals surface area contributed by atoms with E-state index in [2.05, 4.69) is 17.2 Å². The molecule has 1 atom stereocenters. The monoisotopic (exact) mass is 292 g/mol. The van der Waals surface area contributed by atoms with E-state index >= 15 is 0 Å². The zero-order chi connectivity index (χ0) is 14.4. The number of phenolic OH excluding ortho intramolecular Hbond substituents is 1. The van der Waals surface area contributed by atoms with Gasteiger partial charge in [0.2, 0.25) is 0 Å². The number of nitrogens with one attached hydrogen (secondary N) is 1. The van der Waals surface area contributed by atoms with Crippen LogP contribution >= 0.6 is 11.6 Å². The van der Waals surface area contributed by atoms with Crippen LogP contribution in [0, 0.1) is 5.92 Å². The van der Waals surface area contributed by atoms with Crippen molar-refractivity contribution in [1.82, 2.24) is 4.98 Å². The molecule has 1 aromatic heterocycles. The minimum Gasteiger partial charge on any atom is -0.508 e. The molecule has 4 heteroatoms. The minimum atomic E-state index is 0.263. The molecule has 0 radical (unpaired) electrons. The van der Waals surface area contributed by atoms with Crippen LogP contribution in [0.3, 0.4) is 0 Å². The summed E-state index contributed by atoms with van der Waals surface area (Å²) in [6, 6.07) is 7.29. The van der Waals surface area contributed by atoms with Gasteiger partial charge in [0.25, 0.3) is 0 Å². The van der Waals surface area contributed by atoms with Crippen LogP contribution in [0.4, 0.5) is 5.82 Å². The largest absolute Gasteiger partial charge is 0.508 e. The summed E-state index contributed by atoms with van der Waals surface area (Å²) in [7, 11) is 0. The van der Waals surface area contributed by atoms with E-state index in [1.165, 1.54) is 0 Å². The van der Waals surface area contributed by atoms with Gasteiger partial charge in [-0.15, -0.1) is 11.6 Å². The van der Waals surface area contributed by atoms with Crippen molar-refractivity contribution < 1.29 is 5.11 Å². The third-order valence-corrected chi connectivity index (χ3v) is 3.74. The molecule has 0 aliphatic heterocycles. The van der Waals surface area contributed by atoms with Gasteiger partial charge in [0, 0.05) is 24.0 Å². The summed E-state index contributed by atoms with van der Waals surface area (Å²) in [5, 5.41) is 15.1. The molecule has 2 rings (SSSR count). The second-order valence-electron chi connectivity index (χ2n) is 5.08. The molecule has 0 saturated heterocycles. The number of pyridine rings is 1. The predicted molar refractivity (Wildman–Crippen MR) is 85.6 cm³/mol. The molecule has 0 spiro atoms. The number of benzene rings is 1. The van der Waals surface area contributed by atoms with Crippen molar-refractivity contribution in [2.75, 3.05) is 17.7 Å². The van der Waals surface area contributed by atoms with Crippen molar-refractivity contribution in [3.8, 4) is 5.75 Å². The van der Waals surface area contributed by atoms with E-state index in [-0.39, 0.29) is 5.75 Å². The number of hydrogen-bond acceptors (Lipinski definition) is 3. The maximum absolute atomic E-state index is 9.63. The van der Waals surface area contributed by atoms with E-state index in [9.17, 15) is 5.11 Å². The fourth-order valence-electron chi connectivity index (χ4n) is 2.45. The molecule has 2 N–H and O–H groups in total. The Kier molecular flexibility index (Phi) is 5.48. The summed E-state index contributed by atoms with van der Waals surface area (Å²) in [5.74, 6) is 2.34. The SMILES string of the molecule is CCCC(CCCl)CNc1nccc2ccc(O)cc12. The molecule has 2 aromatic rings. The molecular formula is C16H21ClN2O. The molecule has 0 saturated carbocycles. The van der Waals surface area contributed by atoms with Crippen LogP contribution in [0.2, 0.25) is 0 Å². The lowest BCUT2D eigenvalue weighted by molar-refractivity contribution is 0.476. The lowest BCUT2D eigenvalue weighted by atomic mass is 10.0. The Morgan fingerprint density at radius 1 is 1.30 bits per heavy atom. The van der Waals surface area contributed by atoms with Gasteiger partial charge >= 0.3 is 0 Å². The molecule has 0 bridgehead atoms. The number of aromatic nitrogens is 1. The van der Waals surface area contributed by atoms with E-state index < -0.39 is 0 Å².